The Morgan fingerprint density at radius 3 is 2.58 bits per heavy atom. The van der Waals surface area contributed by atoms with Crippen LogP contribution in [0.1, 0.15) is 20.8 Å². The Morgan fingerprint density at radius 2 is 1.89 bits per heavy atom. The van der Waals surface area contributed by atoms with Gasteiger partial charge in [0.15, 0.2) is 0 Å². The molecule has 102 valence electrons. The standard InChI is InChI=1S/C16H23N3/c1-13(2)14(3)17-9-11-19-12-10-18-16(19)15-7-5-4-6-8-15/h4-8,10,12-14,17H,9,11H2,1-3H3. The molecular weight excluding hydrogens is 234 g/mol. The molecule has 0 bridgehead atoms. The second-order valence-corrected chi connectivity index (χ2v) is 5.30. The van der Waals surface area contributed by atoms with Gasteiger partial charge in [-0.3, -0.25) is 0 Å². The Balaban J connectivity index is 1.97. The Hall–Kier alpha value is -1.61. The van der Waals surface area contributed by atoms with E-state index in [1.165, 1.54) is 5.56 Å². The molecule has 1 N–H and O–H groups in total. The number of hydrogen-bond acceptors (Lipinski definition) is 2. The highest BCUT2D eigenvalue weighted by molar-refractivity contribution is 5.55. The molecule has 2 rings (SSSR count). The van der Waals surface area contributed by atoms with Crippen molar-refractivity contribution < 1.29 is 0 Å². The van der Waals surface area contributed by atoms with Crippen molar-refractivity contribution >= 4 is 0 Å². The highest BCUT2D eigenvalue weighted by Gasteiger charge is 2.07. The van der Waals surface area contributed by atoms with E-state index in [0.29, 0.717) is 12.0 Å². The van der Waals surface area contributed by atoms with E-state index in [1.807, 2.05) is 30.6 Å². The first-order chi connectivity index (χ1) is 9.18. The summed E-state index contributed by atoms with van der Waals surface area (Å²) in [6.07, 6.45) is 3.91. The smallest absolute Gasteiger partial charge is 0.139 e. The van der Waals surface area contributed by atoms with Crippen molar-refractivity contribution in [1.29, 1.82) is 0 Å². The van der Waals surface area contributed by atoms with Crippen LogP contribution in [0.5, 0.6) is 0 Å². The number of imidazole rings is 1. The summed E-state index contributed by atoms with van der Waals surface area (Å²) in [4.78, 5) is 4.45. The Morgan fingerprint density at radius 1 is 1.16 bits per heavy atom. The predicted molar refractivity (Wildman–Crippen MR) is 80.0 cm³/mol. The number of nitrogens with one attached hydrogen (secondary N) is 1. The van der Waals surface area contributed by atoms with Crippen LogP contribution in [-0.4, -0.2) is 22.1 Å². The highest BCUT2D eigenvalue weighted by Crippen LogP contribution is 2.16. The van der Waals surface area contributed by atoms with Crippen LogP contribution in [0.2, 0.25) is 0 Å². The van der Waals surface area contributed by atoms with Gasteiger partial charge in [-0.1, -0.05) is 44.2 Å². The number of aromatic nitrogens is 2. The fourth-order valence-corrected chi connectivity index (χ4v) is 1.99. The van der Waals surface area contributed by atoms with Gasteiger partial charge in [0.05, 0.1) is 0 Å². The fourth-order valence-electron chi connectivity index (χ4n) is 1.99. The minimum absolute atomic E-state index is 0.545. The minimum atomic E-state index is 0.545. The molecule has 1 aromatic heterocycles. The summed E-state index contributed by atoms with van der Waals surface area (Å²) < 4.78 is 2.20. The fraction of sp³-hybridized carbons (Fsp3) is 0.438. The summed E-state index contributed by atoms with van der Waals surface area (Å²) in [6.45, 7) is 8.63. The van der Waals surface area contributed by atoms with Gasteiger partial charge >= 0.3 is 0 Å². The topological polar surface area (TPSA) is 29.9 Å². The zero-order chi connectivity index (χ0) is 13.7. The molecule has 1 unspecified atom stereocenters. The summed E-state index contributed by atoms with van der Waals surface area (Å²) in [6, 6.07) is 10.9. The van der Waals surface area contributed by atoms with E-state index in [-0.39, 0.29) is 0 Å². The molecule has 0 saturated carbocycles. The lowest BCUT2D eigenvalue weighted by molar-refractivity contribution is 0.417. The van der Waals surface area contributed by atoms with E-state index in [2.05, 4.69) is 47.8 Å². The van der Waals surface area contributed by atoms with E-state index in [9.17, 15) is 0 Å². The highest BCUT2D eigenvalue weighted by atomic mass is 15.1. The molecule has 0 amide bonds. The summed E-state index contributed by atoms with van der Waals surface area (Å²) >= 11 is 0. The lowest BCUT2D eigenvalue weighted by Gasteiger charge is -2.18. The maximum absolute atomic E-state index is 4.45. The molecule has 0 aliphatic heterocycles. The van der Waals surface area contributed by atoms with Crippen LogP contribution in [0, 0.1) is 5.92 Å². The van der Waals surface area contributed by atoms with Gasteiger partial charge in [-0.2, -0.15) is 0 Å². The first-order valence-corrected chi connectivity index (χ1v) is 6.98. The van der Waals surface area contributed by atoms with Crippen LogP contribution in [0.15, 0.2) is 42.7 Å². The first kappa shape index (κ1) is 13.8. The van der Waals surface area contributed by atoms with Crippen molar-refractivity contribution in [1.82, 2.24) is 14.9 Å². The zero-order valence-electron chi connectivity index (χ0n) is 12.0. The van der Waals surface area contributed by atoms with Gasteiger partial charge in [0.2, 0.25) is 0 Å². The van der Waals surface area contributed by atoms with Crippen molar-refractivity contribution in [2.45, 2.75) is 33.4 Å². The third kappa shape index (κ3) is 3.67. The van der Waals surface area contributed by atoms with Crippen LogP contribution in [-0.2, 0) is 6.54 Å². The second-order valence-electron chi connectivity index (χ2n) is 5.30. The van der Waals surface area contributed by atoms with Crippen molar-refractivity contribution in [3.05, 3.63) is 42.7 Å². The van der Waals surface area contributed by atoms with E-state index in [4.69, 9.17) is 0 Å². The largest absolute Gasteiger partial charge is 0.330 e. The molecule has 1 heterocycles. The zero-order valence-corrected chi connectivity index (χ0v) is 12.0. The lowest BCUT2D eigenvalue weighted by Crippen LogP contribution is -2.33. The third-order valence-corrected chi connectivity index (χ3v) is 3.57. The summed E-state index contributed by atoms with van der Waals surface area (Å²) in [7, 11) is 0. The molecule has 0 aliphatic rings. The van der Waals surface area contributed by atoms with E-state index < -0.39 is 0 Å². The van der Waals surface area contributed by atoms with Crippen molar-refractivity contribution in [2.75, 3.05) is 6.54 Å². The van der Waals surface area contributed by atoms with Crippen LogP contribution < -0.4 is 5.32 Å². The van der Waals surface area contributed by atoms with Crippen LogP contribution in [0.25, 0.3) is 11.4 Å². The number of rotatable bonds is 6. The van der Waals surface area contributed by atoms with Crippen LogP contribution in [0.3, 0.4) is 0 Å². The number of nitrogens with zero attached hydrogens (tertiary/aromatic N) is 2. The normalized spacial score (nSPS) is 12.8. The number of hydrogen-bond donors (Lipinski definition) is 1. The average Bonchev–Trinajstić information content (AvgIpc) is 2.88. The van der Waals surface area contributed by atoms with Gasteiger partial charge < -0.3 is 9.88 Å². The Bertz CT molecular complexity index is 488. The van der Waals surface area contributed by atoms with Gasteiger partial charge in [0.1, 0.15) is 5.82 Å². The number of benzene rings is 1. The third-order valence-electron chi connectivity index (χ3n) is 3.57. The molecule has 3 nitrogen and oxygen atoms in total. The maximum atomic E-state index is 4.45. The summed E-state index contributed by atoms with van der Waals surface area (Å²) in [5.41, 5.74) is 1.17. The molecule has 0 radical (unpaired) electrons. The van der Waals surface area contributed by atoms with Gasteiger partial charge in [-0.05, 0) is 12.8 Å². The molecule has 3 heteroatoms. The quantitative estimate of drug-likeness (QED) is 0.861. The summed E-state index contributed by atoms with van der Waals surface area (Å²) in [5.74, 6) is 1.70. The monoisotopic (exact) mass is 257 g/mol. The van der Waals surface area contributed by atoms with Crippen molar-refractivity contribution in [3.8, 4) is 11.4 Å². The van der Waals surface area contributed by atoms with Gasteiger partial charge in [0.25, 0.3) is 0 Å². The molecule has 2 aromatic rings. The second kappa shape index (κ2) is 6.53. The maximum Gasteiger partial charge on any atom is 0.139 e. The van der Waals surface area contributed by atoms with E-state index in [0.717, 1.165) is 18.9 Å². The summed E-state index contributed by atoms with van der Waals surface area (Å²) in [5, 5.41) is 3.55. The molecule has 0 fully saturated rings. The van der Waals surface area contributed by atoms with Crippen LogP contribution >= 0.6 is 0 Å². The SMILES string of the molecule is CC(C)C(C)NCCn1ccnc1-c1ccccc1. The molecular formula is C16H23N3. The molecule has 0 aliphatic carbocycles. The predicted octanol–water partition coefficient (Wildman–Crippen LogP) is 3.18. The van der Waals surface area contributed by atoms with E-state index >= 15 is 0 Å². The molecule has 0 spiro atoms. The Kier molecular flexibility index (Phi) is 4.74. The van der Waals surface area contributed by atoms with Gasteiger partial charge in [-0.15, -0.1) is 0 Å². The van der Waals surface area contributed by atoms with Crippen molar-refractivity contribution in [3.63, 3.8) is 0 Å². The average molecular weight is 257 g/mol. The van der Waals surface area contributed by atoms with Crippen LogP contribution in [0.4, 0.5) is 0 Å². The van der Waals surface area contributed by atoms with Crippen molar-refractivity contribution in [2.24, 2.45) is 5.92 Å². The molecule has 0 saturated heterocycles. The van der Waals surface area contributed by atoms with Gasteiger partial charge in [-0.25, -0.2) is 4.98 Å². The molecule has 19 heavy (non-hydrogen) atoms. The van der Waals surface area contributed by atoms with E-state index in [1.54, 1.807) is 0 Å². The first-order valence-electron chi connectivity index (χ1n) is 6.98. The minimum Gasteiger partial charge on any atom is -0.330 e. The Labute approximate surface area is 115 Å². The van der Waals surface area contributed by atoms with Gasteiger partial charge in [0, 0.05) is 37.1 Å². The molecule has 1 atom stereocenters. The molecule has 1 aromatic carbocycles. The lowest BCUT2D eigenvalue weighted by atomic mass is 10.1.